The minimum absolute atomic E-state index is 0.677. The van der Waals surface area contributed by atoms with Crippen LogP contribution >= 0.6 is 11.3 Å². The summed E-state index contributed by atoms with van der Waals surface area (Å²) in [4.78, 5) is 10.9. The van der Waals surface area contributed by atoms with Crippen LogP contribution in [0.1, 0.15) is 0 Å². The minimum atomic E-state index is 0.677. The number of para-hydroxylation sites is 1. The molecule has 0 saturated heterocycles. The Morgan fingerprint density at radius 2 is 1.06 bits per heavy atom. The molecule has 0 bridgehead atoms. The number of hydrogen-bond acceptors (Lipinski definition) is 3. The van der Waals surface area contributed by atoms with Gasteiger partial charge in [-0.25, -0.2) is 9.97 Å². The summed E-state index contributed by atoms with van der Waals surface area (Å²) < 4.78 is 4.90. The Balaban J connectivity index is 1.38. The molecule has 0 unspecified atom stereocenters. The predicted octanol–water partition coefficient (Wildman–Crippen LogP) is 12.7. The van der Waals surface area contributed by atoms with E-state index in [2.05, 4.69) is 168 Å². The fourth-order valence-electron chi connectivity index (χ4n) is 7.98. The second-order valence-corrected chi connectivity index (χ2v) is 14.0. The van der Waals surface area contributed by atoms with Gasteiger partial charge in [-0.05, 0) is 45.5 Å². The van der Waals surface area contributed by atoms with Crippen molar-refractivity contribution >= 4 is 85.8 Å². The van der Waals surface area contributed by atoms with E-state index in [0.29, 0.717) is 5.95 Å². The smallest absolute Gasteiger partial charge is 0.235 e. The van der Waals surface area contributed by atoms with E-state index < -0.39 is 0 Å². The van der Waals surface area contributed by atoms with Crippen molar-refractivity contribution in [1.82, 2.24) is 14.5 Å². The Bertz CT molecular complexity index is 3140. The monoisotopic (exact) mass is 653 g/mol. The molecule has 0 aliphatic carbocycles. The molecule has 0 aliphatic heterocycles. The maximum atomic E-state index is 5.48. The molecule has 232 valence electrons. The molecule has 0 atom stereocenters. The van der Waals surface area contributed by atoms with E-state index in [0.717, 1.165) is 33.2 Å². The van der Waals surface area contributed by atoms with Gasteiger partial charge in [-0.15, -0.1) is 11.3 Å². The zero-order chi connectivity index (χ0) is 32.8. The fourth-order valence-corrected chi connectivity index (χ4v) is 9.24. The number of rotatable bonds is 3. The summed E-state index contributed by atoms with van der Waals surface area (Å²) in [6, 6.07) is 58.7. The van der Waals surface area contributed by atoms with Crippen LogP contribution in [0.5, 0.6) is 0 Å². The van der Waals surface area contributed by atoms with Crippen molar-refractivity contribution in [3.63, 3.8) is 0 Å². The van der Waals surface area contributed by atoms with Crippen LogP contribution in [0.3, 0.4) is 0 Å². The van der Waals surface area contributed by atoms with Crippen LogP contribution in [0.4, 0.5) is 0 Å². The van der Waals surface area contributed by atoms with E-state index in [-0.39, 0.29) is 0 Å². The minimum Gasteiger partial charge on any atom is -0.276 e. The number of fused-ring (bicyclic) bond motifs is 13. The van der Waals surface area contributed by atoms with Gasteiger partial charge in [0.1, 0.15) is 0 Å². The van der Waals surface area contributed by atoms with E-state index in [1.807, 2.05) is 11.3 Å². The summed E-state index contributed by atoms with van der Waals surface area (Å²) >= 11 is 1.86. The van der Waals surface area contributed by atoms with Crippen molar-refractivity contribution in [2.45, 2.75) is 0 Å². The van der Waals surface area contributed by atoms with Crippen LogP contribution in [-0.2, 0) is 0 Å². The van der Waals surface area contributed by atoms with Gasteiger partial charge in [0.2, 0.25) is 5.95 Å². The quantitative estimate of drug-likeness (QED) is 0.190. The van der Waals surface area contributed by atoms with Gasteiger partial charge in [-0.1, -0.05) is 146 Å². The van der Waals surface area contributed by atoms with Gasteiger partial charge >= 0.3 is 0 Å². The lowest BCUT2D eigenvalue weighted by Crippen LogP contribution is -2.04. The second-order valence-electron chi connectivity index (χ2n) is 12.9. The molecular weight excluding hydrogens is 627 g/mol. The average molecular weight is 654 g/mol. The van der Waals surface area contributed by atoms with E-state index in [1.165, 1.54) is 63.6 Å². The third-order valence-corrected chi connectivity index (χ3v) is 11.3. The van der Waals surface area contributed by atoms with Gasteiger partial charge in [-0.3, -0.25) is 4.57 Å². The zero-order valence-electron chi connectivity index (χ0n) is 26.8. The first kappa shape index (κ1) is 27.6. The largest absolute Gasteiger partial charge is 0.276 e. The molecule has 3 aromatic heterocycles. The molecule has 0 fully saturated rings. The number of nitrogens with zero attached hydrogens (tertiary/aromatic N) is 3. The van der Waals surface area contributed by atoms with Crippen LogP contribution in [0.2, 0.25) is 0 Å². The van der Waals surface area contributed by atoms with E-state index >= 15 is 0 Å². The van der Waals surface area contributed by atoms with Gasteiger partial charge in [0, 0.05) is 42.6 Å². The van der Waals surface area contributed by atoms with Crippen molar-refractivity contribution in [2.75, 3.05) is 0 Å². The summed E-state index contributed by atoms with van der Waals surface area (Å²) in [5, 5.41) is 10.9. The Hall–Kier alpha value is -6.36. The Labute approximate surface area is 291 Å². The molecule has 0 amide bonds. The fraction of sp³-hybridized carbons (Fsp3) is 0. The maximum Gasteiger partial charge on any atom is 0.235 e. The normalized spacial score (nSPS) is 12.0. The number of aromatic nitrogens is 3. The molecule has 3 nitrogen and oxygen atoms in total. The highest BCUT2D eigenvalue weighted by molar-refractivity contribution is 7.27. The number of thiophene rings is 1. The van der Waals surface area contributed by atoms with Gasteiger partial charge in [0.05, 0.1) is 26.9 Å². The van der Waals surface area contributed by atoms with Crippen LogP contribution in [-0.4, -0.2) is 14.5 Å². The van der Waals surface area contributed by atoms with Crippen LogP contribution in [0.25, 0.3) is 103 Å². The van der Waals surface area contributed by atoms with Crippen molar-refractivity contribution < 1.29 is 0 Å². The van der Waals surface area contributed by atoms with E-state index in [1.54, 1.807) is 0 Å². The lowest BCUT2D eigenvalue weighted by Gasteiger charge is -2.13. The number of hydrogen-bond donors (Lipinski definition) is 0. The Morgan fingerprint density at radius 3 is 1.86 bits per heavy atom. The Morgan fingerprint density at radius 1 is 0.420 bits per heavy atom. The van der Waals surface area contributed by atoms with Gasteiger partial charge < -0.3 is 0 Å². The zero-order valence-corrected chi connectivity index (χ0v) is 27.7. The highest BCUT2D eigenvalue weighted by Gasteiger charge is 2.25. The molecular formula is C46H27N3S. The first-order chi connectivity index (χ1) is 24.8. The molecule has 0 spiro atoms. The van der Waals surface area contributed by atoms with Crippen LogP contribution in [0.15, 0.2) is 164 Å². The average Bonchev–Trinajstić information content (AvgIpc) is 3.75. The topological polar surface area (TPSA) is 30.7 Å². The van der Waals surface area contributed by atoms with Crippen molar-refractivity contribution in [2.24, 2.45) is 0 Å². The second kappa shape index (κ2) is 10.6. The van der Waals surface area contributed by atoms with Crippen LogP contribution in [0, 0.1) is 0 Å². The Kier molecular flexibility index (Phi) is 5.83. The summed E-state index contributed by atoms with van der Waals surface area (Å²) in [7, 11) is 0. The molecule has 0 saturated carbocycles. The third kappa shape index (κ3) is 3.91. The molecule has 0 aliphatic rings. The molecule has 11 aromatic rings. The van der Waals surface area contributed by atoms with Crippen molar-refractivity contribution in [1.29, 1.82) is 0 Å². The van der Waals surface area contributed by atoms with Crippen LogP contribution < -0.4 is 0 Å². The summed E-state index contributed by atoms with van der Waals surface area (Å²) in [6.07, 6.45) is 0. The first-order valence-corrected chi connectivity index (χ1v) is 17.7. The summed E-state index contributed by atoms with van der Waals surface area (Å²) in [6.45, 7) is 0. The predicted molar refractivity (Wildman–Crippen MR) is 213 cm³/mol. The highest BCUT2D eigenvalue weighted by atomic mass is 32.1. The van der Waals surface area contributed by atoms with Gasteiger partial charge in [0.25, 0.3) is 0 Å². The molecule has 0 radical (unpaired) electrons. The molecule has 8 aromatic carbocycles. The van der Waals surface area contributed by atoms with Gasteiger partial charge in [0.15, 0.2) is 0 Å². The molecule has 0 N–H and O–H groups in total. The third-order valence-electron chi connectivity index (χ3n) is 10.2. The maximum absolute atomic E-state index is 5.48. The molecule has 50 heavy (non-hydrogen) atoms. The lowest BCUT2D eigenvalue weighted by molar-refractivity contribution is 1.02. The molecule has 11 rings (SSSR count). The summed E-state index contributed by atoms with van der Waals surface area (Å²) in [5.41, 5.74) is 7.62. The van der Waals surface area contributed by atoms with Crippen molar-refractivity contribution in [3.8, 4) is 28.3 Å². The standard InChI is InChI=1S/C46H27N3S/c1-3-13-28(14-4-1)30-23-25-32-31(27-30)24-26-37-40-33-17-7-8-18-34(33)41-36-20-10-12-22-39(36)50-45(41)44(40)49(43(32)37)46-47-38-21-11-9-19-35(38)42(48-46)29-15-5-2-6-16-29/h1-27H. The molecule has 3 heterocycles. The van der Waals surface area contributed by atoms with Gasteiger partial charge in [-0.2, -0.15) is 0 Å². The van der Waals surface area contributed by atoms with E-state index in [9.17, 15) is 0 Å². The lowest BCUT2D eigenvalue weighted by atomic mass is 9.97. The SMILES string of the molecule is c1ccc(-c2ccc3c(ccc4c5c6ccccc6c6c7ccccc7sc6c5n(-c5nc(-c6ccccc6)c6ccccc6n5)c34)c2)cc1. The van der Waals surface area contributed by atoms with Crippen molar-refractivity contribution in [3.05, 3.63) is 164 Å². The highest BCUT2D eigenvalue weighted by Crippen LogP contribution is 2.49. The first-order valence-electron chi connectivity index (χ1n) is 16.9. The summed E-state index contributed by atoms with van der Waals surface area (Å²) in [5.74, 6) is 0.677. The number of benzene rings is 8. The van der Waals surface area contributed by atoms with E-state index in [4.69, 9.17) is 9.97 Å². The molecule has 4 heteroatoms.